The molecule has 4 rings (SSSR count). The average molecular weight is 481 g/mol. The fourth-order valence-corrected chi connectivity index (χ4v) is 4.50. The van der Waals surface area contributed by atoms with E-state index < -0.39 is 33.7 Å². The first-order chi connectivity index (χ1) is 14.9. The molecule has 8 nitrogen and oxygen atoms in total. The molecule has 3 N–H and O–H groups in total. The van der Waals surface area contributed by atoms with Crippen LogP contribution in [0.2, 0.25) is 0 Å². The van der Waals surface area contributed by atoms with Gasteiger partial charge < -0.3 is 5.32 Å². The zero-order valence-corrected chi connectivity index (χ0v) is 17.6. The molecule has 0 spiro atoms. The lowest BCUT2D eigenvalue weighted by atomic mass is 9.99. The molecule has 1 amide bonds. The summed E-state index contributed by atoms with van der Waals surface area (Å²) in [6.07, 6.45) is -4.89. The molecule has 13 heteroatoms. The maximum atomic E-state index is 13.7. The van der Waals surface area contributed by atoms with E-state index in [1.54, 1.807) is 24.3 Å². The number of nitrogens with zero attached hydrogens (tertiary/aromatic N) is 3. The van der Waals surface area contributed by atoms with E-state index in [0.29, 0.717) is 15.2 Å². The summed E-state index contributed by atoms with van der Waals surface area (Å²) in [5, 5.41) is 11.8. The van der Waals surface area contributed by atoms with E-state index in [-0.39, 0.29) is 21.4 Å². The largest absolute Gasteiger partial charge is 0.432 e. The molecule has 166 valence electrons. The van der Waals surface area contributed by atoms with Crippen LogP contribution < -0.4 is 15.5 Å². The summed E-state index contributed by atoms with van der Waals surface area (Å²) in [5.41, 5.74) is -0.868. The Bertz CT molecular complexity index is 1330. The number of nitrogens with two attached hydrogens (primary N) is 1. The number of anilines is 2. The maximum Gasteiger partial charge on any atom is 0.432 e. The summed E-state index contributed by atoms with van der Waals surface area (Å²) in [7, 11) is -3.93. The van der Waals surface area contributed by atoms with E-state index in [0.717, 1.165) is 11.3 Å². The zero-order chi connectivity index (χ0) is 23.3. The Kier molecular flexibility index (Phi) is 5.27. The number of para-hydroxylation sites is 1. The molecule has 2 aromatic carbocycles. The van der Waals surface area contributed by atoms with Gasteiger partial charge in [0.2, 0.25) is 15.2 Å². The minimum atomic E-state index is -4.89. The molecule has 0 saturated carbocycles. The molecule has 0 bridgehead atoms. The second kappa shape index (κ2) is 7.69. The molecule has 1 aliphatic rings. The van der Waals surface area contributed by atoms with Crippen molar-refractivity contribution in [3.05, 3.63) is 60.8 Å². The highest BCUT2D eigenvalue weighted by Crippen LogP contribution is 2.38. The Morgan fingerprint density at radius 2 is 1.81 bits per heavy atom. The third kappa shape index (κ3) is 4.09. The fraction of sp³-hybridized carbons (Fsp3) is 0.105. The Morgan fingerprint density at radius 3 is 2.41 bits per heavy atom. The maximum absolute atomic E-state index is 13.7. The number of amides is 1. The quantitative estimate of drug-likeness (QED) is 0.579. The molecule has 1 atom stereocenters. The summed E-state index contributed by atoms with van der Waals surface area (Å²) < 4.78 is 64.4. The zero-order valence-electron chi connectivity index (χ0n) is 16.0. The lowest BCUT2D eigenvalue weighted by Gasteiger charge is -2.18. The summed E-state index contributed by atoms with van der Waals surface area (Å²) in [6, 6.07) is 11.8. The van der Waals surface area contributed by atoms with Crippen LogP contribution in [0.3, 0.4) is 0 Å². The SMILES string of the molecule is C=C(Nc1ccc(S(N)(=O)=O)cc1)[C@H]1C(=O)N(c2nc3ccccc3s2)N=C1C(F)(F)F. The lowest BCUT2D eigenvalue weighted by molar-refractivity contribution is -0.119. The fourth-order valence-electron chi connectivity index (χ4n) is 3.06. The smallest absolute Gasteiger partial charge is 0.358 e. The van der Waals surface area contributed by atoms with Gasteiger partial charge in [-0.05, 0) is 36.4 Å². The van der Waals surface area contributed by atoms with Gasteiger partial charge in [-0.3, -0.25) is 4.79 Å². The van der Waals surface area contributed by atoms with Crippen molar-refractivity contribution in [2.75, 3.05) is 10.3 Å². The third-order valence-electron chi connectivity index (χ3n) is 4.53. The van der Waals surface area contributed by atoms with E-state index in [1.165, 1.54) is 24.3 Å². The molecule has 0 radical (unpaired) electrons. The minimum Gasteiger partial charge on any atom is -0.358 e. The van der Waals surface area contributed by atoms with Crippen molar-refractivity contribution in [2.45, 2.75) is 11.1 Å². The lowest BCUT2D eigenvalue weighted by Crippen LogP contribution is -2.36. The highest BCUT2D eigenvalue weighted by molar-refractivity contribution is 7.89. The van der Waals surface area contributed by atoms with Crippen LogP contribution in [0.5, 0.6) is 0 Å². The van der Waals surface area contributed by atoms with Gasteiger partial charge >= 0.3 is 6.18 Å². The molecular formula is C19H14F3N5O3S2. The topological polar surface area (TPSA) is 118 Å². The number of primary sulfonamides is 1. The molecule has 0 fully saturated rings. The monoisotopic (exact) mass is 481 g/mol. The molecule has 0 unspecified atom stereocenters. The number of aromatic nitrogens is 1. The number of rotatable bonds is 5. The predicted molar refractivity (Wildman–Crippen MR) is 115 cm³/mol. The van der Waals surface area contributed by atoms with Crippen molar-refractivity contribution >= 4 is 54.0 Å². The number of halogens is 3. The van der Waals surface area contributed by atoms with Crippen LogP contribution in [0.15, 0.2) is 70.8 Å². The minimum absolute atomic E-state index is 0.00533. The molecule has 2 heterocycles. The van der Waals surface area contributed by atoms with E-state index in [2.05, 4.69) is 22.0 Å². The summed E-state index contributed by atoms with van der Waals surface area (Å²) in [6.45, 7) is 3.59. The predicted octanol–water partition coefficient (Wildman–Crippen LogP) is 3.45. The van der Waals surface area contributed by atoms with E-state index in [1.807, 2.05) is 0 Å². The van der Waals surface area contributed by atoms with Crippen LogP contribution in [-0.4, -0.2) is 31.2 Å². The number of fused-ring (bicyclic) bond motifs is 1. The number of nitrogens with one attached hydrogen (secondary N) is 1. The van der Waals surface area contributed by atoms with Crippen LogP contribution in [0.1, 0.15) is 0 Å². The van der Waals surface area contributed by atoms with Crippen LogP contribution in [0.4, 0.5) is 24.0 Å². The Morgan fingerprint density at radius 1 is 1.16 bits per heavy atom. The molecule has 1 aromatic heterocycles. The number of alkyl halides is 3. The van der Waals surface area contributed by atoms with Crippen molar-refractivity contribution in [1.82, 2.24) is 4.98 Å². The third-order valence-corrected chi connectivity index (χ3v) is 6.47. The molecule has 1 aliphatic heterocycles. The normalized spacial score (nSPS) is 17.0. The summed E-state index contributed by atoms with van der Waals surface area (Å²) >= 11 is 1.03. The average Bonchev–Trinajstić information content (AvgIpc) is 3.28. The van der Waals surface area contributed by atoms with Gasteiger partial charge in [-0.1, -0.05) is 30.0 Å². The molecular weight excluding hydrogens is 467 g/mol. The van der Waals surface area contributed by atoms with Gasteiger partial charge in [-0.2, -0.15) is 23.3 Å². The van der Waals surface area contributed by atoms with Gasteiger partial charge in [0.05, 0.1) is 15.1 Å². The van der Waals surface area contributed by atoms with Gasteiger partial charge in [0.25, 0.3) is 5.91 Å². The Labute approximate surface area is 183 Å². The van der Waals surface area contributed by atoms with E-state index >= 15 is 0 Å². The van der Waals surface area contributed by atoms with Crippen molar-refractivity contribution in [1.29, 1.82) is 0 Å². The van der Waals surface area contributed by atoms with Crippen molar-refractivity contribution in [3.63, 3.8) is 0 Å². The van der Waals surface area contributed by atoms with Gasteiger partial charge in [0.15, 0.2) is 5.71 Å². The number of hydrogen-bond donors (Lipinski definition) is 2. The number of carbonyl (C=O) groups excluding carboxylic acids is 1. The number of thiazole rings is 1. The van der Waals surface area contributed by atoms with Crippen molar-refractivity contribution in [3.8, 4) is 0 Å². The first-order valence-electron chi connectivity index (χ1n) is 8.89. The van der Waals surface area contributed by atoms with Gasteiger partial charge in [-0.25, -0.2) is 18.5 Å². The van der Waals surface area contributed by atoms with Gasteiger partial charge in [0, 0.05) is 11.4 Å². The van der Waals surface area contributed by atoms with Crippen molar-refractivity contribution < 1.29 is 26.4 Å². The number of sulfonamides is 1. The van der Waals surface area contributed by atoms with Gasteiger partial charge in [0.1, 0.15) is 5.92 Å². The number of carbonyl (C=O) groups is 1. The highest BCUT2D eigenvalue weighted by Gasteiger charge is 2.52. The van der Waals surface area contributed by atoms with Gasteiger partial charge in [-0.15, -0.1) is 0 Å². The van der Waals surface area contributed by atoms with Crippen LogP contribution >= 0.6 is 11.3 Å². The number of hydrazone groups is 1. The van der Waals surface area contributed by atoms with Crippen LogP contribution in [0.25, 0.3) is 10.2 Å². The summed E-state index contributed by atoms with van der Waals surface area (Å²) in [4.78, 5) is 17.0. The van der Waals surface area contributed by atoms with Crippen LogP contribution in [0, 0.1) is 5.92 Å². The number of benzene rings is 2. The Hall–Kier alpha value is -3.29. The highest BCUT2D eigenvalue weighted by atomic mass is 32.2. The Balaban J connectivity index is 1.64. The van der Waals surface area contributed by atoms with Crippen LogP contribution in [-0.2, 0) is 14.8 Å². The van der Waals surface area contributed by atoms with E-state index in [9.17, 15) is 26.4 Å². The standard InChI is InChI=1S/C19H14F3N5O3S2/c1-10(24-11-6-8-12(9-7-11)32(23,29)30)15-16(19(20,21)22)26-27(17(15)28)18-25-13-4-2-3-5-14(13)31-18/h2-9,15,24H,1H2,(H2,23,29,30)/t15-/m1/s1. The van der Waals surface area contributed by atoms with E-state index in [4.69, 9.17) is 5.14 Å². The second-order valence-corrected chi connectivity index (χ2v) is 9.32. The first kappa shape index (κ1) is 21.9. The summed E-state index contributed by atoms with van der Waals surface area (Å²) in [5.74, 6) is -2.78. The molecule has 32 heavy (non-hydrogen) atoms. The molecule has 0 saturated heterocycles. The van der Waals surface area contributed by atoms with Crippen molar-refractivity contribution in [2.24, 2.45) is 16.2 Å². The second-order valence-electron chi connectivity index (χ2n) is 6.75. The number of hydrogen-bond acceptors (Lipinski definition) is 7. The molecule has 0 aliphatic carbocycles. The first-order valence-corrected chi connectivity index (χ1v) is 11.3. The molecule has 3 aromatic rings.